The lowest BCUT2D eigenvalue weighted by molar-refractivity contribution is -0.120. The zero-order valence-corrected chi connectivity index (χ0v) is 11.6. The molecular weight excluding hydrogens is 238 g/mol. The Morgan fingerprint density at radius 2 is 2.26 bits per heavy atom. The molecule has 1 fully saturated rings. The van der Waals surface area contributed by atoms with Crippen molar-refractivity contribution in [3.63, 3.8) is 0 Å². The van der Waals surface area contributed by atoms with Crippen LogP contribution in [0.5, 0.6) is 0 Å². The Balaban J connectivity index is 2.02. The molecule has 0 saturated heterocycles. The third-order valence-corrected chi connectivity index (χ3v) is 3.94. The van der Waals surface area contributed by atoms with Crippen molar-refractivity contribution in [3.8, 4) is 0 Å². The van der Waals surface area contributed by atoms with E-state index in [1.165, 1.54) is 16.7 Å². The van der Waals surface area contributed by atoms with Gasteiger partial charge < -0.3 is 10.1 Å². The van der Waals surface area contributed by atoms with Crippen LogP contribution in [-0.4, -0.2) is 18.7 Å². The number of aldehydes is 1. The normalized spacial score (nSPS) is 20.9. The second-order valence-electron chi connectivity index (χ2n) is 5.27. The predicted molar refractivity (Wildman–Crippen MR) is 75.1 cm³/mol. The van der Waals surface area contributed by atoms with Crippen LogP contribution in [-0.2, 0) is 16.0 Å². The molecule has 1 saturated carbocycles. The Morgan fingerprint density at radius 3 is 2.95 bits per heavy atom. The van der Waals surface area contributed by atoms with E-state index in [1.807, 2.05) is 6.92 Å². The summed E-state index contributed by atoms with van der Waals surface area (Å²) >= 11 is 0. The SMILES string of the molecule is CCC(=O)NC[C@@H]1C[C@H]1c1cccc(C)c1CC=O. The Labute approximate surface area is 114 Å². The maximum atomic E-state index is 11.3. The molecule has 0 bridgehead atoms. The lowest BCUT2D eigenvalue weighted by Gasteiger charge is -2.10. The molecule has 0 unspecified atom stereocenters. The lowest BCUT2D eigenvalue weighted by atomic mass is 9.95. The first-order chi connectivity index (χ1) is 9.17. The van der Waals surface area contributed by atoms with Gasteiger partial charge in [0.25, 0.3) is 0 Å². The van der Waals surface area contributed by atoms with Gasteiger partial charge in [-0.3, -0.25) is 4.79 Å². The molecule has 102 valence electrons. The van der Waals surface area contributed by atoms with E-state index in [0.29, 0.717) is 24.7 Å². The van der Waals surface area contributed by atoms with E-state index < -0.39 is 0 Å². The number of aryl methyl sites for hydroxylation is 1. The van der Waals surface area contributed by atoms with Gasteiger partial charge in [0.05, 0.1) is 0 Å². The highest BCUT2D eigenvalue weighted by molar-refractivity contribution is 5.75. The molecule has 1 N–H and O–H groups in total. The summed E-state index contributed by atoms with van der Waals surface area (Å²) in [6.45, 7) is 4.67. The molecule has 19 heavy (non-hydrogen) atoms. The molecule has 1 amide bonds. The Hall–Kier alpha value is -1.64. The van der Waals surface area contributed by atoms with E-state index in [0.717, 1.165) is 19.3 Å². The first-order valence-electron chi connectivity index (χ1n) is 6.96. The minimum Gasteiger partial charge on any atom is -0.356 e. The minimum absolute atomic E-state index is 0.114. The van der Waals surface area contributed by atoms with Gasteiger partial charge >= 0.3 is 0 Å². The number of amides is 1. The van der Waals surface area contributed by atoms with E-state index in [9.17, 15) is 9.59 Å². The molecule has 0 aromatic heterocycles. The van der Waals surface area contributed by atoms with Gasteiger partial charge in [-0.1, -0.05) is 25.1 Å². The second-order valence-corrected chi connectivity index (χ2v) is 5.27. The number of hydrogen-bond acceptors (Lipinski definition) is 2. The van der Waals surface area contributed by atoms with E-state index in [4.69, 9.17) is 0 Å². The number of rotatable bonds is 6. The first-order valence-corrected chi connectivity index (χ1v) is 6.96. The van der Waals surface area contributed by atoms with Crippen molar-refractivity contribution in [2.75, 3.05) is 6.54 Å². The molecule has 1 aromatic carbocycles. The topological polar surface area (TPSA) is 46.2 Å². The fourth-order valence-electron chi connectivity index (χ4n) is 2.66. The average Bonchev–Trinajstić information content (AvgIpc) is 3.18. The zero-order chi connectivity index (χ0) is 13.8. The molecular formula is C16H21NO2. The first kappa shape index (κ1) is 13.8. The van der Waals surface area contributed by atoms with Crippen LogP contribution in [0.1, 0.15) is 42.4 Å². The van der Waals surface area contributed by atoms with Crippen LogP contribution >= 0.6 is 0 Å². The third kappa shape index (κ3) is 3.22. The van der Waals surface area contributed by atoms with Gasteiger partial charge in [0, 0.05) is 19.4 Å². The summed E-state index contributed by atoms with van der Waals surface area (Å²) in [7, 11) is 0. The summed E-state index contributed by atoms with van der Waals surface area (Å²) in [6, 6.07) is 6.23. The molecule has 3 heteroatoms. The molecule has 0 spiro atoms. The number of carbonyl (C=O) groups is 2. The van der Waals surface area contributed by atoms with Crippen LogP contribution in [0.15, 0.2) is 18.2 Å². The predicted octanol–water partition coefficient (Wildman–Crippen LogP) is 2.37. The molecule has 1 aliphatic carbocycles. The highest BCUT2D eigenvalue weighted by Gasteiger charge is 2.39. The molecule has 3 nitrogen and oxygen atoms in total. The number of nitrogens with one attached hydrogen (secondary N) is 1. The highest BCUT2D eigenvalue weighted by Crippen LogP contribution is 2.48. The van der Waals surface area contributed by atoms with E-state index in [1.54, 1.807) is 0 Å². The molecule has 0 radical (unpaired) electrons. The van der Waals surface area contributed by atoms with E-state index >= 15 is 0 Å². The zero-order valence-electron chi connectivity index (χ0n) is 11.6. The summed E-state index contributed by atoms with van der Waals surface area (Å²) in [5.74, 6) is 1.15. The second kappa shape index (κ2) is 6.00. The summed E-state index contributed by atoms with van der Waals surface area (Å²) in [5.41, 5.74) is 3.66. The average molecular weight is 259 g/mol. The minimum atomic E-state index is 0.114. The molecule has 2 atom stereocenters. The van der Waals surface area contributed by atoms with Gasteiger partial charge in [-0.05, 0) is 41.9 Å². The van der Waals surface area contributed by atoms with E-state index in [2.05, 4.69) is 30.4 Å². The maximum Gasteiger partial charge on any atom is 0.219 e. The Bertz CT molecular complexity index is 482. The molecule has 2 rings (SSSR count). The van der Waals surface area contributed by atoms with Crippen molar-refractivity contribution in [2.24, 2.45) is 5.92 Å². The molecule has 1 aliphatic rings. The monoisotopic (exact) mass is 259 g/mol. The van der Waals surface area contributed by atoms with Gasteiger partial charge in [-0.2, -0.15) is 0 Å². The van der Waals surface area contributed by atoms with E-state index in [-0.39, 0.29) is 5.91 Å². The van der Waals surface area contributed by atoms with Crippen molar-refractivity contribution < 1.29 is 9.59 Å². The Morgan fingerprint density at radius 1 is 1.47 bits per heavy atom. The summed E-state index contributed by atoms with van der Waals surface area (Å²) in [4.78, 5) is 22.1. The summed E-state index contributed by atoms with van der Waals surface area (Å²) < 4.78 is 0. The van der Waals surface area contributed by atoms with Crippen LogP contribution < -0.4 is 5.32 Å². The Kier molecular flexibility index (Phi) is 4.35. The van der Waals surface area contributed by atoms with Crippen molar-refractivity contribution in [3.05, 3.63) is 34.9 Å². The summed E-state index contributed by atoms with van der Waals surface area (Å²) in [6.07, 6.45) is 3.12. The molecule has 0 aliphatic heterocycles. The van der Waals surface area contributed by atoms with Crippen LogP contribution in [0, 0.1) is 12.8 Å². The van der Waals surface area contributed by atoms with Crippen LogP contribution in [0.4, 0.5) is 0 Å². The third-order valence-electron chi connectivity index (χ3n) is 3.94. The largest absolute Gasteiger partial charge is 0.356 e. The van der Waals surface area contributed by atoms with Crippen molar-refractivity contribution in [1.82, 2.24) is 5.32 Å². The van der Waals surface area contributed by atoms with Gasteiger partial charge in [0.15, 0.2) is 0 Å². The lowest BCUT2D eigenvalue weighted by Crippen LogP contribution is -2.24. The maximum absolute atomic E-state index is 11.3. The number of benzene rings is 1. The van der Waals surface area contributed by atoms with Crippen LogP contribution in [0.25, 0.3) is 0 Å². The van der Waals surface area contributed by atoms with Gasteiger partial charge in [-0.25, -0.2) is 0 Å². The van der Waals surface area contributed by atoms with Gasteiger partial charge in [-0.15, -0.1) is 0 Å². The van der Waals surface area contributed by atoms with Crippen molar-refractivity contribution >= 4 is 12.2 Å². The molecule has 1 aromatic rings. The van der Waals surface area contributed by atoms with Crippen molar-refractivity contribution in [1.29, 1.82) is 0 Å². The van der Waals surface area contributed by atoms with Gasteiger partial charge in [0.2, 0.25) is 5.91 Å². The molecule has 0 heterocycles. The summed E-state index contributed by atoms with van der Waals surface area (Å²) in [5, 5.41) is 2.95. The standard InChI is InChI=1S/C16H21NO2/c1-3-16(19)17-10-12-9-15(12)14-6-4-5-11(2)13(14)7-8-18/h4-6,8,12,15H,3,7,9-10H2,1-2H3,(H,17,19)/t12-,15+/m0/s1. The highest BCUT2D eigenvalue weighted by atomic mass is 16.1. The number of carbonyl (C=O) groups excluding carboxylic acids is 2. The smallest absolute Gasteiger partial charge is 0.219 e. The number of hydrogen-bond donors (Lipinski definition) is 1. The fraction of sp³-hybridized carbons (Fsp3) is 0.500. The van der Waals surface area contributed by atoms with Crippen LogP contribution in [0.2, 0.25) is 0 Å². The quantitative estimate of drug-likeness (QED) is 0.797. The van der Waals surface area contributed by atoms with Crippen LogP contribution in [0.3, 0.4) is 0 Å². The fourth-order valence-corrected chi connectivity index (χ4v) is 2.66. The van der Waals surface area contributed by atoms with Gasteiger partial charge in [0.1, 0.15) is 6.29 Å². The van der Waals surface area contributed by atoms with Crippen molar-refractivity contribution in [2.45, 2.75) is 39.0 Å².